The Morgan fingerprint density at radius 2 is 2.33 bits per heavy atom. The fourth-order valence-corrected chi connectivity index (χ4v) is 2.82. The van der Waals surface area contributed by atoms with E-state index in [1.54, 1.807) is 6.08 Å². The van der Waals surface area contributed by atoms with Crippen LogP contribution in [0, 0.1) is 12.8 Å². The summed E-state index contributed by atoms with van der Waals surface area (Å²) in [6.45, 7) is 4.79. The Hall–Kier alpha value is -1.81. The first kappa shape index (κ1) is 15.6. The van der Waals surface area contributed by atoms with Gasteiger partial charge in [0.25, 0.3) is 0 Å². The summed E-state index contributed by atoms with van der Waals surface area (Å²) < 4.78 is 5.53. The number of carboxylic acid groups (broad SMARTS) is 1. The van der Waals surface area contributed by atoms with E-state index in [4.69, 9.17) is 9.84 Å². The van der Waals surface area contributed by atoms with Gasteiger partial charge >= 0.3 is 5.97 Å². The van der Waals surface area contributed by atoms with Gasteiger partial charge < -0.3 is 14.7 Å². The molecule has 1 aromatic carbocycles. The minimum Gasteiger partial charge on any atom is -0.478 e. The lowest BCUT2D eigenvalue weighted by Crippen LogP contribution is -2.31. The molecule has 4 heteroatoms. The van der Waals surface area contributed by atoms with Crippen LogP contribution in [0.3, 0.4) is 0 Å². The predicted molar refractivity (Wildman–Crippen MR) is 84.7 cm³/mol. The molecular formula is C17H23NO3. The van der Waals surface area contributed by atoms with Crippen molar-refractivity contribution < 1.29 is 14.6 Å². The molecule has 1 aliphatic heterocycles. The molecule has 0 bridgehead atoms. The lowest BCUT2D eigenvalue weighted by molar-refractivity contribution is -0.131. The molecule has 1 atom stereocenters. The highest BCUT2D eigenvalue weighted by atomic mass is 16.5. The Morgan fingerprint density at radius 1 is 1.52 bits per heavy atom. The molecule has 114 valence electrons. The molecule has 1 heterocycles. The molecule has 0 radical (unpaired) electrons. The van der Waals surface area contributed by atoms with Gasteiger partial charge in [-0.25, -0.2) is 4.79 Å². The van der Waals surface area contributed by atoms with E-state index < -0.39 is 5.97 Å². The second kappa shape index (κ2) is 7.27. The van der Waals surface area contributed by atoms with E-state index in [1.165, 1.54) is 12.1 Å². The number of carbonyl (C=O) groups is 1. The quantitative estimate of drug-likeness (QED) is 0.847. The summed E-state index contributed by atoms with van der Waals surface area (Å²) in [5.41, 5.74) is 3.25. The number of benzene rings is 1. The van der Waals surface area contributed by atoms with Crippen molar-refractivity contribution in [3.05, 3.63) is 35.4 Å². The van der Waals surface area contributed by atoms with Crippen LogP contribution in [0.1, 0.15) is 24.0 Å². The third-order valence-corrected chi connectivity index (χ3v) is 3.84. The zero-order valence-corrected chi connectivity index (χ0v) is 12.7. The lowest BCUT2D eigenvalue weighted by Gasteiger charge is -2.29. The number of ether oxygens (including phenoxy) is 1. The van der Waals surface area contributed by atoms with Crippen molar-refractivity contribution in [1.29, 1.82) is 0 Å². The van der Waals surface area contributed by atoms with E-state index in [0.29, 0.717) is 5.92 Å². The normalized spacial score (nSPS) is 18.9. The summed E-state index contributed by atoms with van der Waals surface area (Å²) >= 11 is 0. The average Bonchev–Trinajstić information content (AvgIpc) is 2.46. The van der Waals surface area contributed by atoms with E-state index >= 15 is 0 Å². The second-order valence-corrected chi connectivity index (χ2v) is 5.68. The van der Waals surface area contributed by atoms with Crippen LogP contribution in [0.15, 0.2) is 24.3 Å². The SMILES string of the molecule is Cc1cc(C=CC(=O)O)ccc1N(C)CC1CCCOC1. The van der Waals surface area contributed by atoms with Crippen molar-refractivity contribution in [2.75, 3.05) is 31.7 Å². The van der Waals surface area contributed by atoms with Crippen molar-refractivity contribution in [1.82, 2.24) is 0 Å². The van der Waals surface area contributed by atoms with E-state index in [0.717, 1.165) is 43.4 Å². The van der Waals surface area contributed by atoms with Gasteiger partial charge in [-0.2, -0.15) is 0 Å². The van der Waals surface area contributed by atoms with Crippen LogP contribution in [0.5, 0.6) is 0 Å². The predicted octanol–water partition coefficient (Wildman–Crippen LogP) is 2.96. The topological polar surface area (TPSA) is 49.8 Å². The van der Waals surface area contributed by atoms with Gasteiger partial charge in [-0.1, -0.05) is 6.07 Å². The van der Waals surface area contributed by atoms with Crippen LogP contribution in [-0.2, 0) is 9.53 Å². The molecule has 1 saturated heterocycles. The largest absolute Gasteiger partial charge is 0.478 e. The molecule has 0 saturated carbocycles. The molecule has 0 amide bonds. The summed E-state index contributed by atoms with van der Waals surface area (Å²) in [6.07, 6.45) is 5.16. The molecule has 1 fully saturated rings. The summed E-state index contributed by atoms with van der Waals surface area (Å²) in [4.78, 5) is 12.8. The number of hydrogen-bond donors (Lipinski definition) is 1. The lowest BCUT2D eigenvalue weighted by atomic mass is 10.0. The summed E-state index contributed by atoms with van der Waals surface area (Å²) in [5, 5.41) is 8.66. The van der Waals surface area contributed by atoms with Crippen LogP contribution in [0.25, 0.3) is 6.08 Å². The first-order valence-electron chi connectivity index (χ1n) is 7.37. The number of nitrogens with zero attached hydrogens (tertiary/aromatic N) is 1. The van der Waals surface area contributed by atoms with Crippen LogP contribution in [0.4, 0.5) is 5.69 Å². The van der Waals surface area contributed by atoms with Crippen LogP contribution in [0.2, 0.25) is 0 Å². The summed E-state index contributed by atoms with van der Waals surface area (Å²) in [5.74, 6) is -0.333. The van der Waals surface area contributed by atoms with Crippen LogP contribution in [-0.4, -0.2) is 37.9 Å². The smallest absolute Gasteiger partial charge is 0.328 e. The summed E-state index contributed by atoms with van der Waals surface area (Å²) in [7, 11) is 2.10. The molecule has 0 aliphatic carbocycles. The Morgan fingerprint density at radius 3 is 2.95 bits per heavy atom. The molecular weight excluding hydrogens is 266 g/mol. The Bertz CT molecular complexity index is 519. The van der Waals surface area contributed by atoms with E-state index in [1.807, 2.05) is 12.1 Å². The first-order valence-corrected chi connectivity index (χ1v) is 7.37. The molecule has 2 rings (SSSR count). The maximum absolute atomic E-state index is 10.5. The van der Waals surface area contributed by atoms with Gasteiger partial charge in [0, 0.05) is 32.0 Å². The molecule has 0 aromatic heterocycles. The molecule has 4 nitrogen and oxygen atoms in total. The van der Waals surface area contributed by atoms with Gasteiger partial charge in [-0.05, 0) is 55.0 Å². The maximum atomic E-state index is 10.5. The fraction of sp³-hybridized carbons (Fsp3) is 0.471. The van der Waals surface area contributed by atoms with Gasteiger partial charge in [-0.3, -0.25) is 0 Å². The molecule has 0 spiro atoms. The highest BCUT2D eigenvalue weighted by Crippen LogP contribution is 2.23. The average molecular weight is 289 g/mol. The highest BCUT2D eigenvalue weighted by molar-refractivity contribution is 5.85. The van der Waals surface area contributed by atoms with E-state index in [-0.39, 0.29) is 0 Å². The summed E-state index contributed by atoms with van der Waals surface area (Å²) in [6, 6.07) is 6.03. The monoisotopic (exact) mass is 289 g/mol. The van der Waals surface area contributed by atoms with Gasteiger partial charge in [-0.15, -0.1) is 0 Å². The third kappa shape index (κ3) is 4.60. The van der Waals surface area contributed by atoms with Gasteiger partial charge in [0.15, 0.2) is 0 Å². The van der Waals surface area contributed by atoms with Crippen LogP contribution >= 0.6 is 0 Å². The molecule has 1 aromatic rings. The number of aliphatic carboxylic acids is 1. The molecule has 21 heavy (non-hydrogen) atoms. The van der Waals surface area contributed by atoms with Crippen molar-refractivity contribution in [2.24, 2.45) is 5.92 Å². The number of aryl methyl sites for hydroxylation is 1. The molecule has 1 aliphatic rings. The molecule has 1 unspecified atom stereocenters. The van der Waals surface area contributed by atoms with Crippen molar-refractivity contribution in [3.8, 4) is 0 Å². The minimum atomic E-state index is -0.925. The van der Waals surface area contributed by atoms with E-state index in [9.17, 15) is 4.79 Å². The van der Waals surface area contributed by atoms with E-state index in [2.05, 4.69) is 24.9 Å². The number of carboxylic acids is 1. The minimum absolute atomic E-state index is 0.592. The van der Waals surface area contributed by atoms with Crippen molar-refractivity contribution in [2.45, 2.75) is 19.8 Å². The zero-order valence-electron chi connectivity index (χ0n) is 12.7. The highest BCUT2D eigenvalue weighted by Gasteiger charge is 2.16. The zero-order chi connectivity index (χ0) is 15.2. The van der Waals surface area contributed by atoms with Gasteiger partial charge in [0.1, 0.15) is 0 Å². The Labute approximate surface area is 126 Å². The Kier molecular flexibility index (Phi) is 5.39. The fourth-order valence-electron chi connectivity index (χ4n) is 2.82. The standard InChI is InChI=1S/C17H23NO3/c1-13-10-14(6-8-17(19)20)5-7-16(13)18(2)11-15-4-3-9-21-12-15/h5-8,10,15H,3-4,9,11-12H2,1-2H3,(H,19,20). The second-order valence-electron chi connectivity index (χ2n) is 5.68. The number of anilines is 1. The third-order valence-electron chi connectivity index (χ3n) is 3.84. The number of hydrogen-bond acceptors (Lipinski definition) is 3. The van der Waals surface area contributed by atoms with Gasteiger partial charge in [0.05, 0.1) is 6.61 Å². The first-order chi connectivity index (χ1) is 10.1. The van der Waals surface area contributed by atoms with Crippen molar-refractivity contribution in [3.63, 3.8) is 0 Å². The molecule has 1 N–H and O–H groups in total. The Balaban J connectivity index is 2.03. The number of rotatable bonds is 5. The maximum Gasteiger partial charge on any atom is 0.328 e. The van der Waals surface area contributed by atoms with Crippen LogP contribution < -0.4 is 4.90 Å². The van der Waals surface area contributed by atoms with Gasteiger partial charge in [0.2, 0.25) is 0 Å². The van der Waals surface area contributed by atoms with Crippen molar-refractivity contribution >= 4 is 17.7 Å².